The summed E-state index contributed by atoms with van der Waals surface area (Å²) in [5, 5.41) is 22.7. The summed E-state index contributed by atoms with van der Waals surface area (Å²) in [6.07, 6.45) is 0. The zero-order valence-corrected chi connectivity index (χ0v) is 17.0. The maximum Gasteiger partial charge on any atom is 0.322 e. The summed E-state index contributed by atoms with van der Waals surface area (Å²) in [6, 6.07) is 0. The van der Waals surface area contributed by atoms with Gasteiger partial charge in [0.1, 0.15) is 16.8 Å². The third kappa shape index (κ3) is 4.64. The Hall–Kier alpha value is -1.87. The van der Waals surface area contributed by atoms with E-state index in [2.05, 4.69) is 29.1 Å². The summed E-state index contributed by atoms with van der Waals surface area (Å²) in [7, 11) is 0. The van der Waals surface area contributed by atoms with E-state index in [4.69, 9.17) is 5.11 Å². The molecule has 2 aromatic rings. The number of thioether (sulfide) groups is 1. The highest BCUT2D eigenvalue weighted by atomic mass is 32.2. The van der Waals surface area contributed by atoms with Crippen molar-refractivity contribution in [1.82, 2.24) is 15.3 Å². The van der Waals surface area contributed by atoms with E-state index in [0.717, 1.165) is 5.01 Å². The van der Waals surface area contributed by atoms with Crippen LogP contribution in [0.5, 0.6) is 5.75 Å². The molecule has 0 bridgehead atoms. The molecule has 0 saturated carbocycles. The van der Waals surface area contributed by atoms with E-state index in [0.29, 0.717) is 26.9 Å². The lowest BCUT2D eigenvalue weighted by molar-refractivity contribution is -0.135. The van der Waals surface area contributed by atoms with Crippen molar-refractivity contribution in [3.05, 3.63) is 16.4 Å². The van der Waals surface area contributed by atoms with Gasteiger partial charge in [0, 0.05) is 11.2 Å². The van der Waals surface area contributed by atoms with Crippen LogP contribution in [0.3, 0.4) is 0 Å². The Morgan fingerprint density at radius 2 is 1.92 bits per heavy atom. The number of carboxylic acids is 1. The molecular formula is C17H23N3O4S2. The van der Waals surface area contributed by atoms with E-state index >= 15 is 0 Å². The van der Waals surface area contributed by atoms with Crippen LogP contribution in [0.15, 0.2) is 0 Å². The maximum atomic E-state index is 12.3. The molecule has 0 aromatic carbocycles. The van der Waals surface area contributed by atoms with Crippen LogP contribution in [-0.4, -0.2) is 43.9 Å². The molecule has 0 aliphatic rings. The summed E-state index contributed by atoms with van der Waals surface area (Å²) in [5.41, 5.74) is 0.843. The number of hydrogen-bond acceptors (Lipinski definition) is 7. The number of amides is 1. The third-order valence-electron chi connectivity index (χ3n) is 3.40. The average Bonchev–Trinajstić information content (AvgIpc) is 2.98. The molecule has 3 N–H and O–H groups in total. The lowest BCUT2D eigenvalue weighted by atomic mass is 9.98. The number of nitrogens with one attached hydrogen (secondary N) is 1. The van der Waals surface area contributed by atoms with Crippen LogP contribution >= 0.6 is 23.1 Å². The van der Waals surface area contributed by atoms with E-state index in [-0.39, 0.29) is 16.9 Å². The average molecular weight is 398 g/mol. The summed E-state index contributed by atoms with van der Waals surface area (Å²) < 4.78 is 0.504. The number of aliphatic carboxylic acids is 1. The predicted molar refractivity (Wildman–Crippen MR) is 104 cm³/mol. The molecule has 0 fully saturated rings. The van der Waals surface area contributed by atoms with Gasteiger partial charge >= 0.3 is 5.97 Å². The van der Waals surface area contributed by atoms with Crippen LogP contribution in [0.1, 0.15) is 55.8 Å². The molecule has 1 amide bonds. The van der Waals surface area contributed by atoms with Gasteiger partial charge in [-0.3, -0.25) is 9.59 Å². The fourth-order valence-electron chi connectivity index (χ4n) is 2.09. The van der Waals surface area contributed by atoms with Crippen molar-refractivity contribution < 1.29 is 19.8 Å². The maximum absolute atomic E-state index is 12.3. The van der Waals surface area contributed by atoms with Gasteiger partial charge in [0.2, 0.25) is 0 Å². The van der Waals surface area contributed by atoms with E-state index < -0.39 is 18.4 Å². The van der Waals surface area contributed by atoms with Gasteiger partial charge in [-0.05, 0) is 5.25 Å². The first kappa shape index (κ1) is 20.4. The van der Waals surface area contributed by atoms with Gasteiger partial charge in [-0.15, -0.1) is 11.3 Å². The van der Waals surface area contributed by atoms with Gasteiger partial charge < -0.3 is 15.5 Å². The summed E-state index contributed by atoms with van der Waals surface area (Å²) in [5.74, 6) is -1.59. The highest BCUT2D eigenvalue weighted by Crippen LogP contribution is 2.39. The Balaban J connectivity index is 2.57. The van der Waals surface area contributed by atoms with Gasteiger partial charge in [0.05, 0.1) is 10.7 Å². The fraction of sp³-hybridized carbons (Fsp3) is 0.529. The van der Waals surface area contributed by atoms with Crippen LogP contribution < -0.4 is 5.32 Å². The van der Waals surface area contributed by atoms with Crippen molar-refractivity contribution in [3.63, 3.8) is 0 Å². The quantitative estimate of drug-likeness (QED) is 0.686. The number of hydrogen-bond donors (Lipinski definition) is 3. The minimum absolute atomic E-state index is 0.165. The molecule has 26 heavy (non-hydrogen) atoms. The molecule has 0 atom stereocenters. The lowest BCUT2D eigenvalue weighted by Crippen LogP contribution is -2.30. The second-order valence-electron chi connectivity index (χ2n) is 7.14. The molecule has 2 rings (SSSR count). The second kappa shape index (κ2) is 7.79. The van der Waals surface area contributed by atoms with Gasteiger partial charge in [-0.1, -0.05) is 34.6 Å². The SMILES string of the molecule is CC(C)SCc1nc(C(=O)NCC(=O)O)c(O)c2sc(C(C)(C)C)nc12. The van der Waals surface area contributed by atoms with Crippen LogP contribution in [-0.2, 0) is 16.0 Å². The van der Waals surface area contributed by atoms with Gasteiger partial charge in [-0.25, -0.2) is 9.97 Å². The third-order valence-corrected chi connectivity index (χ3v) is 5.99. The van der Waals surface area contributed by atoms with Crippen molar-refractivity contribution in [3.8, 4) is 5.75 Å². The lowest BCUT2D eigenvalue weighted by Gasteiger charge is -2.13. The molecule has 0 radical (unpaired) electrons. The Morgan fingerprint density at radius 1 is 1.27 bits per heavy atom. The molecule has 2 aromatic heterocycles. The molecule has 9 heteroatoms. The van der Waals surface area contributed by atoms with Crippen LogP contribution in [0.2, 0.25) is 0 Å². The number of rotatable bonds is 6. The monoisotopic (exact) mass is 397 g/mol. The standard InChI is InChI=1S/C17H23N3O4S2/c1-8(2)25-7-9-11-14(26-16(20-11)17(3,4)5)13(23)12(19-9)15(24)18-6-10(21)22/h8,23H,6-7H2,1-5H3,(H,18,24)(H,21,22). The van der Waals surface area contributed by atoms with E-state index in [1.165, 1.54) is 11.3 Å². The first-order chi connectivity index (χ1) is 12.0. The number of carbonyl (C=O) groups is 2. The summed E-state index contributed by atoms with van der Waals surface area (Å²) in [6.45, 7) is 9.66. The van der Waals surface area contributed by atoms with Crippen molar-refractivity contribution >= 4 is 45.2 Å². The smallest absolute Gasteiger partial charge is 0.322 e. The van der Waals surface area contributed by atoms with E-state index in [1.54, 1.807) is 11.8 Å². The van der Waals surface area contributed by atoms with Crippen molar-refractivity contribution in [2.75, 3.05) is 6.54 Å². The number of aromatic nitrogens is 2. The van der Waals surface area contributed by atoms with Crippen molar-refractivity contribution in [2.45, 2.75) is 51.0 Å². The number of carbonyl (C=O) groups excluding carboxylic acids is 1. The molecule has 0 saturated heterocycles. The molecule has 0 unspecified atom stereocenters. The molecule has 0 aliphatic carbocycles. The molecule has 7 nitrogen and oxygen atoms in total. The first-order valence-electron chi connectivity index (χ1n) is 8.15. The minimum Gasteiger partial charge on any atom is -0.504 e. The highest BCUT2D eigenvalue weighted by Gasteiger charge is 2.26. The Kier molecular flexibility index (Phi) is 6.13. The molecule has 2 heterocycles. The van der Waals surface area contributed by atoms with Crippen LogP contribution in [0.25, 0.3) is 10.2 Å². The number of fused-ring (bicyclic) bond motifs is 1. The largest absolute Gasteiger partial charge is 0.504 e. The van der Waals surface area contributed by atoms with E-state index in [9.17, 15) is 14.7 Å². The number of pyridine rings is 1. The Labute approximate surface area is 160 Å². The molecular weight excluding hydrogens is 374 g/mol. The minimum atomic E-state index is -1.16. The highest BCUT2D eigenvalue weighted by molar-refractivity contribution is 7.99. The molecule has 0 spiro atoms. The summed E-state index contributed by atoms with van der Waals surface area (Å²) in [4.78, 5) is 31.9. The molecule has 0 aliphatic heterocycles. The Bertz CT molecular complexity index is 841. The number of aromatic hydroxyl groups is 1. The van der Waals surface area contributed by atoms with Crippen molar-refractivity contribution in [2.24, 2.45) is 0 Å². The van der Waals surface area contributed by atoms with Crippen molar-refractivity contribution in [1.29, 1.82) is 0 Å². The normalized spacial score (nSPS) is 11.9. The van der Waals surface area contributed by atoms with Gasteiger partial charge in [0.15, 0.2) is 11.4 Å². The first-order valence-corrected chi connectivity index (χ1v) is 10.0. The molecule has 142 valence electrons. The fourth-order valence-corrected chi connectivity index (χ4v) is 3.87. The zero-order valence-electron chi connectivity index (χ0n) is 15.4. The topological polar surface area (TPSA) is 112 Å². The second-order valence-corrected chi connectivity index (χ2v) is 9.70. The van der Waals surface area contributed by atoms with Crippen LogP contribution in [0, 0.1) is 0 Å². The summed E-state index contributed by atoms with van der Waals surface area (Å²) >= 11 is 2.98. The van der Waals surface area contributed by atoms with E-state index in [1.807, 2.05) is 20.8 Å². The number of thiazole rings is 1. The van der Waals surface area contributed by atoms with Crippen LogP contribution in [0.4, 0.5) is 0 Å². The zero-order chi connectivity index (χ0) is 19.6. The number of carboxylic acid groups (broad SMARTS) is 1. The Morgan fingerprint density at radius 3 is 2.46 bits per heavy atom. The van der Waals surface area contributed by atoms with Gasteiger partial charge in [0.25, 0.3) is 5.91 Å². The predicted octanol–water partition coefficient (Wildman–Crippen LogP) is 3.15. The van der Waals surface area contributed by atoms with Gasteiger partial charge in [-0.2, -0.15) is 11.8 Å². The number of nitrogens with zero attached hydrogens (tertiary/aromatic N) is 2.